The van der Waals surface area contributed by atoms with Gasteiger partial charge in [-0.3, -0.25) is 14.9 Å². The molecule has 20 heavy (non-hydrogen) atoms. The fourth-order valence-electron chi connectivity index (χ4n) is 1.53. The Morgan fingerprint density at radius 3 is 2.55 bits per heavy atom. The van der Waals surface area contributed by atoms with E-state index in [0.717, 1.165) is 0 Å². The van der Waals surface area contributed by atoms with E-state index in [0.29, 0.717) is 12.0 Å². The number of carboxylic acid groups (broad SMARTS) is 1. The van der Waals surface area contributed by atoms with E-state index in [9.17, 15) is 14.0 Å². The third kappa shape index (κ3) is 4.31. The Balaban J connectivity index is 2.45. The van der Waals surface area contributed by atoms with E-state index >= 15 is 0 Å². The Morgan fingerprint density at radius 1 is 1.35 bits per heavy atom. The zero-order valence-electron chi connectivity index (χ0n) is 11.6. The summed E-state index contributed by atoms with van der Waals surface area (Å²) in [5.74, 6) is -1.78. The smallest absolute Gasteiger partial charge is 0.323 e. The molecule has 6 heteroatoms. The standard InChI is InChI=1S/C14H19FN2O3/c1-3-14(2,13(19)20)17-9-12(18)16-8-10-6-4-5-7-11(10)15/h4-7,17H,3,8-9H2,1-2H3,(H,16,18)(H,19,20). The van der Waals surface area contributed by atoms with Crippen LogP contribution in [0.25, 0.3) is 0 Å². The van der Waals surface area contributed by atoms with Crippen LogP contribution >= 0.6 is 0 Å². The van der Waals surface area contributed by atoms with Crippen LogP contribution in [0.1, 0.15) is 25.8 Å². The van der Waals surface area contributed by atoms with Crippen LogP contribution in [-0.2, 0) is 16.1 Å². The van der Waals surface area contributed by atoms with Crippen molar-refractivity contribution in [2.75, 3.05) is 6.54 Å². The van der Waals surface area contributed by atoms with Gasteiger partial charge in [-0.2, -0.15) is 0 Å². The Labute approximate surface area is 117 Å². The lowest BCUT2D eigenvalue weighted by Crippen LogP contribution is -2.52. The van der Waals surface area contributed by atoms with Crippen LogP contribution in [0, 0.1) is 5.82 Å². The van der Waals surface area contributed by atoms with Crippen LogP contribution in [0.4, 0.5) is 4.39 Å². The monoisotopic (exact) mass is 282 g/mol. The molecule has 0 aliphatic carbocycles. The van der Waals surface area contributed by atoms with E-state index in [1.54, 1.807) is 25.1 Å². The lowest BCUT2D eigenvalue weighted by molar-refractivity contribution is -0.144. The first kappa shape index (κ1) is 16.1. The molecular formula is C14H19FN2O3. The molecule has 0 heterocycles. The number of carbonyl (C=O) groups excluding carboxylic acids is 1. The highest BCUT2D eigenvalue weighted by molar-refractivity contribution is 5.81. The van der Waals surface area contributed by atoms with Crippen LogP contribution in [0.15, 0.2) is 24.3 Å². The molecule has 0 saturated carbocycles. The Kier molecular flexibility index (Phi) is 5.64. The largest absolute Gasteiger partial charge is 0.480 e. The first-order valence-electron chi connectivity index (χ1n) is 6.37. The van der Waals surface area contributed by atoms with E-state index < -0.39 is 11.5 Å². The van der Waals surface area contributed by atoms with Gasteiger partial charge in [-0.25, -0.2) is 4.39 Å². The number of hydrogen-bond acceptors (Lipinski definition) is 3. The molecule has 0 aromatic heterocycles. The summed E-state index contributed by atoms with van der Waals surface area (Å²) in [5.41, 5.74) is -0.757. The van der Waals surface area contributed by atoms with E-state index in [4.69, 9.17) is 5.11 Å². The summed E-state index contributed by atoms with van der Waals surface area (Å²) in [6.07, 6.45) is 0.350. The maximum absolute atomic E-state index is 13.3. The number of aliphatic carboxylic acids is 1. The fraction of sp³-hybridized carbons (Fsp3) is 0.429. The Bertz CT molecular complexity index is 493. The van der Waals surface area contributed by atoms with Crippen molar-refractivity contribution < 1.29 is 19.1 Å². The Morgan fingerprint density at radius 2 is 2.00 bits per heavy atom. The molecule has 0 fully saturated rings. The summed E-state index contributed by atoms with van der Waals surface area (Å²) >= 11 is 0. The molecule has 1 aromatic rings. The minimum absolute atomic E-state index is 0.0725. The molecule has 0 radical (unpaired) electrons. The zero-order valence-corrected chi connectivity index (χ0v) is 11.6. The van der Waals surface area contributed by atoms with Gasteiger partial charge in [0, 0.05) is 12.1 Å². The second-order valence-electron chi connectivity index (χ2n) is 4.71. The summed E-state index contributed by atoms with van der Waals surface area (Å²) in [6.45, 7) is 3.17. The third-order valence-corrected chi connectivity index (χ3v) is 3.25. The lowest BCUT2D eigenvalue weighted by atomic mass is 9.99. The molecule has 1 unspecified atom stereocenters. The molecule has 3 N–H and O–H groups in total. The molecule has 0 saturated heterocycles. The normalized spacial score (nSPS) is 13.6. The van der Waals surface area contributed by atoms with Crippen LogP contribution in [0.2, 0.25) is 0 Å². The predicted molar refractivity (Wildman–Crippen MR) is 72.6 cm³/mol. The minimum Gasteiger partial charge on any atom is -0.480 e. The number of carboxylic acids is 1. The average molecular weight is 282 g/mol. The molecule has 0 aliphatic rings. The SMILES string of the molecule is CCC(C)(NCC(=O)NCc1ccccc1F)C(=O)O. The maximum Gasteiger partial charge on any atom is 0.323 e. The van der Waals surface area contributed by atoms with Crippen molar-refractivity contribution in [3.05, 3.63) is 35.6 Å². The van der Waals surface area contributed by atoms with Crippen molar-refractivity contribution in [1.29, 1.82) is 0 Å². The first-order valence-corrected chi connectivity index (χ1v) is 6.37. The molecule has 0 bridgehead atoms. The summed E-state index contributed by atoms with van der Waals surface area (Å²) in [5, 5.41) is 14.3. The molecule has 1 aromatic carbocycles. The third-order valence-electron chi connectivity index (χ3n) is 3.25. The number of carbonyl (C=O) groups is 2. The van der Waals surface area contributed by atoms with Gasteiger partial charge in [-0.1, -0.05) is 25.1 Å². The molecule has 1 rings (SSSR count). The van der Waals surface area contributed by atoms with Crippen molar-refractivity contribution in [3.8, 4) is 0 Å². The number of rotatable bonds is 7. The second kappa shape index (κ2) is 7.00. The highest BCUT2D eigenvalue weighted by Gasteiger charge is 2.30. The molecule has 1 amide bonds. The number of hydrogen-bond donors (Lipinski definition) is 3. The average Bonchev–Trinajstić information content (AvgIpc) is 2.43. The first-order chi connectivity index (χ1) is 9.39. The molecule has 0 aliphatic heterocycles. The van der Waals surface area contributed by atoms with Crippen molar-refractivity contribution in [2.45, 2.75) is 32.4 Å². The number of amides is 1. The van der Waals surface area contributed by atoms with Crippen molar-refractivity contribution in [3.63, 3.8) is 0 Å². The van der Waals surface area contributed by atoms with Gasteiger partial charge in [0.1, 0.15) is 11.4 Å². The van der Waals surface area contributed by atoms with Gasteiger partial charge in [0.2, 0.25) is 5.91 Å². The summed E-state index contributed by atoms with van der Waals surface area (Å²) in [7, 11) is 0. The van der Waals surface area contributed by atoms with Crippen molar-refractivity contribution in [1.82, 2.24) is 10.6 Å². The van der Waals surface area contributed by atoms with Gasteiger partial charge in [0.25, 0.3) is 0 Å². The van der Waals surface area contributed by atoms with E-state index in [2.05, 4.69) is 10.6 Å². The van der Waals surface area contributed by atoms with Gasteiger partial charge >= 0.3 is 5.97 Å². The zero-order chi connectivity index (χ0) is 15.2. The van der Waals surface area contributed by atoms with E-state index in [-0.39, 0.29) is 24.8 Å². The number of benzene rings is 1. The highest BCUT2D eigenvalue weighted by Crippen LogP contribution is 2.08. The molecule has 0 spiro atoms. The number of halogens is 1. The summed E-state index contributed by atoms with van der Waals surface area (Å²) in [4.78, 5) is 22.7. The number of nitrogens with one attached hydrogen (secondary N) is 2. The molecular weight excluding hydrogens is 263 g/mol. The van der Waals surface area contributed by atoms with Crippen LogP contribution < -0.4 is 10.6 Å². The minimum atomic E-state index is -1.14. The van der Waals surface area contributed by atoms with Crippen molar-refractivity contribution in [2.24, 2.45) is 0 Å². The predicted octanol–water partition coefficient (Wildman–Crippen LogP) is 1.28. The fourth-order valence-corrected chi connectivity index (χ4v) is 1.53. The molecule has 110 valence electrons. The molecule has 1 atom stereocenters. The Hall–Kier alpha value is -1.95. The topological polar surface area (TPSA) is 78.4 Å². The van der Waals surface area contributed by atoms with Gasteiger partial charge in [0.15, 0.2) is 0 Å². The lowest BCUT2D eigenvalue weighted by Gasteiger charge is -2.24. The van der Waals surface area contributed by atoms with E-state index in [1.807, 2.05) is 0 Å². The maximum atomic E-state index is 13.3. The second-order valence-corrected chi connectivity index (χ2v) is 4.71. The highest BCUT2D eigenvalue weighted by atomic mass is 19.1. The van der Waals surface area contributed by atoms with Crippen LogP contribution in [-0.4, -0.2) is 29.1 Å². The summed E-state index contributed by atoms with van der Waals surface area (Å²) < 4.78 is 13.3. The quantitative estimate of drug-likeness (QED) is 0.704. The molecule has 5 nitrogen and oxygen atoms in total. The van der Waals surface area contributed by atoms with Crippen LogP contribution in [0.3, 0.4) is 0 Å². The van der Waals surface area contributed by atoms with E-state index in [1.165, 1.54) is 13.0 Å². The van der Waals surface area contributed by atoms with Gasteiger partial charge in [-0.15, -0.1) is 0 Å². The van der Waals surface area contributed by atoms with Gasteiger partial charge < -0.3 is 10.4 Å². The van der Waals surface area contributed by atoms with Gasteiger partial charge in [-0.05, 0) is 19.4 Å². The summed E-state index contributed by atoms with van der Waals surface area (Å²) in [6, 6.07) is 6.15. The van der Waals surface area contributed by atoms with Crippen LogP contribution in [0.5, 0.6) is 0 Å². The van der Waals surface area contributed by atoms with Gasteiger partial charge in [0.05, 0.1) is 6.54 Å². The van der Waals surface area contributed by atoms with Crippen molar-refractivity contribution >= 4 is 11.9 Å².